The summed E-state index contributed by atoms with van der Waals surface area (Å²) in [5.74, 6) is 0. The van der Waals surface area contributed by atoms with E-state index in [2.05, 4.69) is 4.98 Å². The summed E-state index contributed by atoms with van der Waals surface area (Å²) < 4.78 is 0. The maximum Gasteiger partial charge on any atom is 0.133 e. The van der Waals surface area contributed by atoms with Crippen molar-refractivity contribution in [3.05, 3.63) is 51.2 Å². The van der Waals surface area contributed by atoms with Crippen LogP contribution in [0.3, 0.4) is 0 Å². The molecule has 2 aromatic rings. The van der Waals surface area contributed by atoms with Gasteiger partial charge >= 0.3 is 0 Å². The molecule has 2 rings (SSSR count). The van der Waals surface area contributed by atoms with Crippen LogP contribution in [0.5, 0.6) is 0 Å². The monoisotopic (exact) mass is 296 g/mol. The summed E-state index contributed by atoms with van der Waals surface area (Å²) in [7, 11) is 0. The first-order valence-electron chi connectivity index (χ1n) is 5.09. The molecule has 0 atom stereocenters. The summed E-state index contributed by atoms with van der Waals surface area (Å²) in [6, 6.07) is 9.10. The number of hydrogen-bond donors (Lipinski definition) is 0. The molecule has 1 heterocycles. The number of rotatable bonds is 2. The second-order valence-electron chi connectivity index (χ2n) is 3.61. The van der Waals surface area contributed by atoms with E-state index in [1.807, 2.05) is 6.07 Å². The molecular formula is C13H7Cl3N2. The number of benzene rings is 1. The van der Waals surface area contributed by atoms with Gasteiger partial charge in [0.05, 0.1) is 12.5 Å². The van der Waals surface area contributed by atoms with Gasteiger partial charge in [-0.15, -0.1) is 0 Å². The fraction of sp³-hybridized carbons (Fsp3) is 0.0769. The van der Waals surface area contributed by atoms with E-state index in [1.165, 1.54) is 0 Å². The van der Waals surface area contributed by atoms with Crippen LogP contribution in [0.4, 0.5) is 0 Å². The summed E-state index contributed by atoms with van der Waals surface area (Å²) >= 11 is 18.2. The molecule has 90 valence electrons. The van der Waals surface area contributed by atoms with Crippen LogP contribution in [0, 0.1) is 11.3 Å². The highest BCUT2D eigenvalue weighted by molar-refractivity contribution is 6.39. The van der Waals surface area contributed by atoms with Gasteiger partial charge in [-0.2, -0.15) is 5.26 Å². The molecular weight excluding hydrogens is 291 g/mol. The van der Waals surface area contributed by atoms with E-state index in [1.54, 1.807) is 30.5 Å². The third kappa shape index (κ3) is 2.59. The van der Waals surface area contributed by atoms with Crippen molar-refractivity contribution in [1.82, 2.24) is 4.98 Å². The molecule has 0 aliphatic rings. The number of aromatic nitrogens is 1. The Balaban J connectivity index is 2.59. The lowest BCUT2D eigenvalue weighted by Crippen LogP contribution is -1.90. The van der Waals surface area contributed by atoms with Crippen LogP contribution < -0.4 is 0 Å². The molecule has 0 saturated carbocycles. The van der Waals surface area contributed by atoms with Crippen molar-refractivity contribution in [2.75, 3.05) is 0 Å². The molecule has 2 nitrogen and oxygen atoms in total. The summed E-state index contributed by atoms with van der Waals surface area (Å²) in [6.45, 7) is 0. The van der Waals surface area contributed by atoms with Crippen LogP contribution >= 0.6 is 34.8 Å². The Kier molecular flexibility index (Phi) is 4.08. The zero-order chi connectivity index (χ0) is 13.1. The predicted octanol–water partition coefficient (Wildman–Crippen LogP) is 4.77. The average molecular weight is 298 g/mol. The fourth-order valence-electron chi connectivity index (χ4n) is 1.61. The van der Waals surface area contributed by atoms with Gasteiger partial charge in [0.2, 0.25) is 0 Å². The van der Waals surface area contributed by atoms with E-state index >= 15 is 0 Å². The van der Waals surface area contributed by atoms with Crippen molar-refractivity contribution in [2.24, 2.45) is 0 Å². The van der Waals surface area contributed by atoms with Gasteiger partial charge < -0.3 is 0 Å². The molecule has 0 spiro atoms. The van der Waals surface area contributed by atoms with Crippen molar-refractivity contribution in [1.29, 1.82) is 5.26 Å². The largest absolute Gasteiger partial charge is 0.244 e. The first-order valence-corrected chi connectivity index (χ1v) is 6.22. The molecule has 0 N–H and O–H groups in total. The minimum atomic E-state index is 0.196. The van der Waals surface area contributed by atoms with Crippen molar-refractivity contribution in [2.45, 2.75) is 6.42 Å². The Morgan fingerprint density at radius 2 is 1.83 bits per heavy atom. The average Bonchev–Trinajstić information content (AvgIpc) is 2.33. The molecule has 5 heteroatoms. The molecule has 0 aliphatic carbocycles. The highest BCUT2D eigenvalue weighted by Gasteiger charge is 2.11. The molecule has 0 radical (unpaired) electrons. The maximum absolute atomic E-state index is 8.73. The van der Waals surface area contributed by atoms with Gasteiger partial charge in [0.1, 0.15) is 5.15 Å². The molecule has 0 fully saturated rings. The van der Waals surface area contributed by atoms with E-state index in [9.17, 15) is 0 Å². The number of halogens is 3. The van der Waals surface area contributed by atoms with Crippen LogP contribution in [0.15, 0.2) is 30.5 Å². The number of nitriles is 1. The Morgan fingerprint density at radius 3 is 2.44 bits per heavy atom. The van der Waals surface area contributed by atoms with Crippen LogP contribution in [0.25, 0.3) is 11.1 Å². The van der Waals surface area contributed by atoms with Crippen LogP contribution in [-0.4, -0.2) is 4.98 Å². The van der Waals surface area contributed by atoms with Gasteiger partial charge in [0.25, 0.3) is 0 Å². The van der Waals surface area contributed by atoms with E-state index in [4.69, 9.17) is 40.1 Å². The highest BCUT2D eigenvalue weighted by atomic mass is 35.5. The summed E-state index contributed by atoms with van der Waals surface area (Å²) in [4.78, 5) is 4.05. The Labute approximate surface area is 120 Å². The van der Waals surface area contributed by atoms with Crippen molar-refractivity contribution in [3.63, 3.8) is 0 Å². The third-order valence-electron chi connectivity index (χ3n) is 2.43. The lowest BCUT2D eigenvalue weighted by Gasteiger charge is -2.08. The molecule has 0 aliphatic heterocycles. The quantitative estimate of drug-likeness (QED) is 0.748. The summed E-state index contributed by atoms with van der Waals surface area (Å²) in [5, 5.41) is 10.1. The van der Waals surface area contributed by atoms with E-state index < -0.39 is 0 Å². The smallest absolute Gasteiger partial charge is 0.133 e. The van der Waals surface area contributed by atoms with Gasteiger partial charge in [0.15, 0.2) is 0 Å². The molecule has 18 heavy (non-hydrogen) atoms. The highest BCUT2D eigenvalue weighted by Crippen LogP contribution is 2.35. The Bertz CT molecular complexity index is 612. The lowest BCUT2D eigenvalue weighted by molar-refractivity contribution is 1.19. The second kappa shape index (κ2) is 5.58. The van der Waals surface area contributed by atoms with Crippen molar-refractivity contribution >= 4 is 34.8 Å². The number of pyridine rings is 1. The first-order chi connectivity index (χ1) is 8.63. The standard InChI is InChI=1S/C13H7Cl3N2/c14-10-2-1-3-11(15)12(10)9-6-8(4-5-17)13(16)18-7-9/h1-3,6-7H,4H2. The van der Waals surface area contributed by atoms with Crippen LogP contribution in [-0.2, 0) is 6.42 Å². The normalized spacial score (nSPS) is 10.1. The van der Waals surface area contributed by atoms with Gasteiger partial charge in [-0.1, -0.05) is 40.9 Å². The van der Waals surface area contributed by atoms with Crippen molar-refractivity contribution < 1.29 is 0 Å². The predicted molar refractivity (Wildman–Crippen MR) is 74.0 cm³/mol. The zero-order valence-corrected chi connectivity index (χ0v) is 11.4. The van der Waals surface area contributed by atoms with E-state index in [0.29, 0.717) is 26.3 Å². The van der Waals surface area contributed by atoms with Crippen LogP contribution in [0.1, 0.15) is 5.56 Å². The number of nitrogens with zero attached hydrogens (tertiary/aromatic N) is 2. The van der Waals surface area contributed by atoms with Gasteiger partial charge in [-0.05, 0) is 18.2 Å². The summed E-state index contributed by atoms with van der Waals surface area (Å²) in [6.07, 6.45) is 1.79. The second-order valence-corrected chi connectivity index (χ2v) is 4.78. The third-order valence-corrected chi connectivity index (χ3v) is 3.40. The van der Waals surface area contributed by atoms with Gasteiger partial charge in [0, 0.05) is 32.9 Å². The number of hydrogen-bond acceptors (Lipinski definition) is 2. The molecule has 1 aromatic heterocycles. The molecule has 0 unspecified atom stereocenters. The molecule has 0 saturated heterocycles. The van der Waals surface area contributed by atoms with Crippen LogP contribution in [0.2, 0.25) is 15.2 Å². The minimum Gasteiger partial charge on any atom is -0.244 e. The van der Waals surface area contributed by atoms with Gasteiger partial charge in [-0.25, -0.2) is 4.98 Å². The van der Waals surface area contributed by atoms with Gasteiger partial charge in [-0.3, -0.25) is 0 Å². The topological polar surface area (TPSA) is 36.7 Å². The van der Waals surface area contributed by atoms with Crippen molar-refractivity contribution in [3.8, 4) is 17.2 Å². The Hall–Kier alpha value is -1.27. The van der Waals surface area contributed by atoms with E-state index in [0.717, 1.165) is 5.56 Å². The zero-order valence-electron chi connectivity index (χ0n) is 9.12. The Morgan fingerprint density at radius 1 is 1.17 bits per heavy atom. The SMILES string of the molecule is N#CCc1cc(-c2c(Cl)cccc2Cl)cnc1Cl. The van der Waals surface area contributed by atoms with E-state index in [-0.39, 0.29) is 6.42 Å². The lowest BCUT2D eigenvalue weighted by atomic mass is 10.0. The fourth-order valence-corrected chi connectivity index (χ4v) is 2.40. The minimum absolute atomic E-state index is 0.196. The molecule has 0 amide bonds. The molecule has 0 bridgehead atoms. The molecule has 1 aromatic carbocycles. The first kappa shape index (κ1) is 13.2. The maximum atomic E-state index is 8.73. The summed E-state index contributed by atoms with van der Waals surface area (Å²) in [5.41, 5.74) is 2.11.